The number of carboxylic acids is 1. The molecule has 0 unspecified atom stereocenters. The molecule has 1 N–H and O–H groups in total. The molecule has 0 fully saturated rings. The minimum Gasteiger partial charge on any atom is -0.748 e. The summed E-state index contributed by atoms with van der Waals surface area (Å²) in [4.78, 5) is 10.9. The van der Waals surface area contributed by atoms with E-state index < -0.39 is 5.97 Å². The van der Waals surface area contributed by atoms with Crippen LogP contribution in [0.15, 0.2) is 78.9 Å². The van der Waals surface area contributed by atoms with E-state index >= 15 is 0 Å². The van der Waals surface area contributed by atoms with Crippen molar-refractivity contribution in [2.24, 2.45) is 0 Å². The molecule has 3 aromatic rings. The number of aromatic carboxylic acids is 1. The van der Waals surface area contributed by atoms with Crippen molar-refractivity contribution in [1.82, 2.24) is 0 Å². The van der Waals surface area contributed by atoms with Gasteiger partial charge in [0.05, 0.1) is 5.56 Å². The smallest absolute Gasteiger partial charge is 0.336 e. The minimum atomic E-state index is -0.951. The summed E-state index contributed by atoms with van der Waals surface area (Å²) < 4.78 is 0. The standard InChI is InChI=1S/C14H9O2.C5H5.Fe/c15-14(16)13-8-4-3-7-12(13)10-9-11-5-1-2-6-11;1-2-4-5-3-1;/h1-8H,(H,15,16);1-5H;/q-1;-5;. The summed E-state index contributed by atoms with van der Waals surface area (Å²) in [6.07, 6.45) is 0. The number of carbonyl (C=O) groups is 1. The van der Waals surface area contributed by atoms with Crippen LogP contribution >= 0.6 is 0 Å². The molecule has 0 atom stereocenters. The number of hydrogen-bond acceptors (Lipinski definition) is 1. The zero-order valence-electron chi connectivity index (χ0n) is 11.7. The Morgan fingerprint density at radius 1 is 0.955 bits per heavy atom. The van der Waals surface area contributed by atoms with Gasteiger partial charge in [0, 0.05) is 17.1 Å². The molecule has 0 aliphatic carbocycles. The summed E-state index contributed by atoms with van der Waals surface area (Å²) in [7, 11) is 0. The van der Waals surface area contributed by atoms with Crippen LogP contribution in [-0.2, 0) is 17.1 Å². The molecule has 0 radical (unpaired) electrons. The normalized spacial score (nSPS) is 8.55. The van der Waals surface area contributed by atoms with E-state index in [9.17, 15) is 4.79 Å². The first kappa shape index (κ1) is 17.5. The van der Waals surface area contributed by atoms with Gasteiger partial charge >= 0.3 is 5.97 Å². The Balaban J connectivity index is 0.000000344. The van der Waals surface area contributed by atoms with Crippen LogP contribution in [-0.4, -0.2) is 11.1 Å². The van der Waals surface area contributed by atoms with Gasteiger partial charge in [-0.05, 0) is 11.6 Å². The molecule has 22 heavy (non-hydrogen) atoms. The summed E-state index contributed by atoms with van der Waals surface area (Å²) in [5.41, 5.74) is 1.66. The van der Waals surface area contributed by atoms with E-state index in [1.807, 2.05) is 54.6 Å². The average molecular weight is 330 g/mol. The minimum absolute atomic E-state index is 0. The first-order valence-corrected chi connectivity index (χ1v) is 6.50. The Bertz CT molecular complexity index is 712. The van der Waals surface area contributed by atoms with Gasteiger partial charge in [0.15, 0.2) is 0 Å². The summed E-state index contributed by atoms with van der Waals surface area (Å²) in [5.74, 6) is 4.84. The second-order valence-electron chi connectivity index (χ2n) is 4.24. The summed E-state index contributed by atoms with van der Waals surface area (Å²) >= 11 is 0. The van der Waals surface area contributed by atoms with Gasteiger partial charge in [-0.25, -0.2) is 4.79 Å². The van der Waals surface area contributed by atoms with Gasteiger partial charge in [-0.15, -0.1) is 12.1 Å². The number of carboxylic acid groups (broad SMARTS) is 1. The van der Waals surface area contributed by atoms with Crippen molar-refractivity contribution in [3.63, 3.8) is 0 Å². The zero-order valence-corrected chi connectivity index (χ0v) is 12.8. The van der Waals surface area contributed by atoms with Gasteiger partial charge < -0.3 is 35.4 Å². The van der Waals surface area contributed by atoms with Crippen LogP contribution < -0.4 is 0 Å². The van der Waals surface area contributed by atoms with E-state index in [1.165, 1.54) is 0 Å². The quantitative estimate of drug-likeness (QED) is 0.417. The van der Waals surface area contributed by atoms with Gasteiger partial charge in [-0.1, -0.05) is 23.8 Å². The molecule has 0 bridgehead atoms. The Morgan fingerprint density at radius 2 is 1.50 bits per heavy atom. The molecule has 0 amide bonds. The maximum absolute atomic E-state index is 10.9. The summed E-state index contributed by atoms with van der Waals surface area (Å²) in [5, 5.41) is 8.96. The van der Waals surface area contributed by atoms with E-state index in [0.717, 1.165) is 5.56 Å². The predicted molar refractivity (Wildman–Crippen MR) is 83.5 cm³/mol. The Hall–Kier alpha value is -2.53. The molecule has 0 saturated heterocycles. The zero-order chi connectivity index (χ0) is 14.9. The summed E-state index contributed by atoms with van der Waals surface area (Å²) in [6.45, 7) is 0. The molecule has 116 valence electrons. The number of benzene rings is 1. The van der Waals surface area contributed by atoms with E-state index in [4.69, 9.17) is 5.11 Å². The average Bonchev–Trinajstić information content (AvgIpc) is 3.21. The third-order valence-electron chi connectivity index (χ3n) is 2.72. The third kappa shape index (κ3) is 5.46. The van der Waals surface area contributed by atoms with E-state index in [0.29, 0.717) is 5.56 Å². The van der Waals surface area contributed by atoms with Crippen LogP contribution in [0, 0.1) is 11.8 Å². The van der Waals surface area contributed by atoms with Crippen molar-refractivity contribution in [2.75, 3.05) is 0 Å². The topological polar surface area (TPSA) is 37.3 Å². The maximum atomic E-state index is 10.9. The molecule has 0 spiro atoms. The largest absolute Gasteiger partial charge is 0.748 e. The molecule has 0 aliphatic rings. The van der Waals surface area contributed by atoms with Crippen molar-refractivity contribution in [1.29, 1.82) is 0 Å². The molecule has 2 nitrogen and oxygen atoms in total. The fourth-order valence-electron chi connectivity index (χ4n) is 1.70. The SMILES string of the molecule is O=C(O)c1ccccc1C#C[c-]1cccc1.[Fe].[cH-]1[cH-][cH-][cH-][cH-]1. The third-order valence-corrected chi connectivity index (χ3v) is 2.72. The monoisotopic (exact) mass is 330 g/mol. The maximum Gasteiger partial charge on any atom is 0.336 e. The van der Waals surface area contributed by atoms with Crippen LogP contribution in [0.4, 0.5) is 0 Å². The predicted octanol–water partition coefficient (Wildman–Crippen LogP) is 3.91. The molecule has 0 aliphatic heterocycles. The number of rotatable bonds is 1. The van der Waals surface area contributed by atoms with Crippen LogP contribution in [0.5, 0.6) is 0 Å². The molecular weight excluding hydrogens is 316 g/mol. The second-order valence-corrected chi connectivity index (χ2v) is 4.24. The fourth-order valence-corrected chi connectivity index (χ4v) is 1.70. The summed E-state index contributed by atoms with van der Waals surface area (Å²) in [6, 6.07) is 24.3. The van der Waals surface area contributed by atoms with Crippen molar-refractivity contribution in [3.05, 3.63) is 95.6 Å². The first-order valence-electron chi connectivity index (χ1n) is 6.50. The Morgan fingerprint density at radius 3 is 2.05 bits per heavy atom. The van der Waals surface area contributed by atoms with Crippen molar-refractivity contribution >= 4 is 5.97 Å². The van der Waals surface area contributed by atoms with Crippen LogP contribution in [0.3, 0.4) is 0 Å². The molecule has 0 saturated carbocycles. The van der Waals surface area contributed by atoms with E-state index in [2.05, 4.69) is 11.8 Å². The molecule has 3 rings (SSSR count). The number of hydrogen-bond donors (Lipinski definition) is 1. The molecule has 0 heterocycles. The molecule has 3 aromatic carbocycles. The molecular formula is C19H14FeO2-6. The van der Waals surface area contributed by atoms with E-state index in [1.54, 1.807) is 24.3 Å². The van der Waals surface area contributed by atoms with Crippen LogP contribution in [0.1, 0.15) is 21.5 Å². The van der Waals surface area contributed by atoms with Crippen LogP contribution in [0.25, 0.3) is 0 Å². The van der Waals surface area contributed by atoms with Gasteiger partial charge in [-0.3, -0.25) is 0 Å². The molecule has 0 aromatic heterocycles. The molecule has 3 heteroatoms. The van der Waals surface area contributed by atoms with Gasteiger partial charge in [0.25, 0.3) is 0 Å². The Labute approximate surface area is 140 Å². The van der Waals surface area contributed by atoms with Gasteiger partial charge in [0.1, 0.15) is 0 Å². The fraction of sp³-hybridized carbons (Fsp3) is 0. The second kappa shape index (κ2) is 9.41. The Kier molecular flexibility index (Phi) is 7.50. The first-order chi connectivity index (χ1) is 10.3. The van der Waals surface area contributed by atoms with Crippen molar-refractivity contribution in [3.8, 4) is 11.8 Å². The van der Waals surface area contributed by atoms with Gasteiger partial charge in [-0.2, -0.15) is 24.0 Å². The van der Waals surface area contributed by atoms with Crippen molar-refractivity contribution in [2.45, 2.75) is 0 Å². The van der Waals surface area contributed by atoms with E-state index in [-0.39, 0.29) is 22.6 Å². The van der Waals surface area contributed by atoms with Gasteiger partial charge in [0.2, 0.25) is 0 Å². The van der Waals surface area contributed by atoms with Crippen molar-refractivity contribution < 1.29 is 27.0 Å². The van der Waals surface area contributed by atoms with Crippen LogP contribution in [0.2, 0.25) is 0 Å².